The molecule has 5 nitrogen and oxygen atoms in total. The van der Waals surface area contributed by atoms with Gasteiger partial charge in [-0.3, -0.25) is 9.69 Å². The Morgan fingerprint density at radius 1 is 1.17 bits per heavy atom. The number of amides is 1. The molecule has 0 spiro atoms. The van der Waals surface area contributed by atoms with Crippen molar-refractivity contribution in [2.75, 3.05) is 39.9 Å². The molecule has 0 aliphatic carbocycles. The molecule has 3 rings (SSSR count). The summed E-state index contributed by atoms with van der Waals surface area (Å²) in [5.74, 6) is 1.15. The Morgan fingerprint density at radius 2 is 1.90 bits per heavy atom. The van der Waals surface area contributed by atoms with Crippen molar-refractivity contribution in [3.05, 3.63) is 71.3 Å². The van der Waals surface area contributed by atoms with E-state index in [1.54, 1.807) is 31.4 Å². The van der Waals surface area contributed by atoms with Crippen molar-refractivity contribution < 1.29 is 14.3 Å². The number of piperazine rings is 1. The normalized spacial score (nSPS) is 15.6. The van der Waals surface area contributed by atoms with Crippen LogP contribution in [0, 0.1) is 0 Å². The van der Waals surface area contributed by atoms with Gasteiger partial charge in [-0.15, -0.1) is 0 Å². The van der Waals surface area contributed by atoms with Gasteiger partial charge in [-0.1, -0.05) is 42.5 Å². The van der Waals surface area contributed by atoms with E-state index in [-0.39, 0.29) is 11.9 Å². The summed E-state index contributed by atoms with van der Waals surface area (Å²) >= 11 is 6.35. The molecule has 1 aliphatic heterocycles. The van der Waals surface area contributed by atoms with Crippen LogP contribution in [0.3, 0.4) is 0 Å². The number of carbonyl (C=O) groups excluding carboxylic acids is 1. The minimum Gasteiger partial charge on any atom is -0.493 e. The lowest BCUT2D eigenvalue weighted by molar-refractivity contribution is 0.0582. The molecule has 0 N–H and O–H groups in total. The third kappa shape index (κ3) is 4.92. The topological polar surface area (TPSA) is 42.0 Å². The molecule has 154 valence electrons. The number of halogens is 1. The molecule has 2 aromatic rings. The third-order valence-electron chi connectivity index (χ3n) is 5.27. The van der Waals surface area contributed by atoms with Crippen LogP contribution in [0.2, 0.25) is 5.02 Å². The molecule has 1 heterocycles. The van der Waals surface area contributed by atoms with E-state index in [0.717, 1.165) is 23.7 Å². The van der Waals surface area contributed by atoms with E-state index in [4.69, 9.17) is 21.1 Å². The van der Waals surface area contributed by atoms with Crippen molar-refractivity contribution in [2.45, 2.75) is 13.0 Å². The zero-order valence-electron chi connectivity index (χ0n) is 16.9. The van der Waals surface area contributed by atoms with Gasteiger partial charge in [0.15, 0.2) is 11.5 Å². The van der Waals surface area contributed by atoms with Crippen molar-refractivity contribution in [2.24, 2.45) is 0 Å². The second kappa shape index (κ2) is 9.81. The number of ether oxygens (including phenoxy) is 2. The van der Waals surface area contributed by atoms with E-state index in [1.165, 1.54) is 0 Å². The largest absolute Gasteiger partial charge is 0.493 e. The van der Waals surface area contributed by atoms with Gasteiger partial charge in [0, 0.05) is 42.8 Å². The van der Waals surface area contributed by atoms with Gasteiger partial charge in [0.05, 0.1) is 7.11 Å². The average molecular weight is 415 g/mol. The summed E-state index contributed by atoms with van der Waals surface area (Å²) in [5, 5.41) is 0.782. The fraction of sp³-hybridized carbons (Fsp3) is 0.348. The van der Waals surface area contributed by atoms with Gasteiger partial charge in [-0.25, -0.2) is 0 Å². The first-order chi connectivity index (χ1) is 14.0. The van der Waals surface area contributed by atoms with Crippen LogP contribution >= 0.6 is 11.6 Å². The predicted octanol–water partition coefficient (Wildman–Crippen LogP) is 4.43. The first-order valence-corrected chi connectivity index (χ1v) is 10.1. The van der Waals surface area contributed by atoms with Gasteiger partial charge >= 0.3 is 0 Å². The average Bonchev–Trinajstić information content (AvgIpc) is 2.77. The quantitative estimate of drug-likeness (QED) is 0.628. The summed E-state index contributed by atoms with van der Waals surface area (Å²) in [5.41, 5.74) is 1.72. The zero-order valence-corrected chi connectivity index (χ0v) is 17.7. The summed E-state index contributed by atoms with van der Waals surface area (Å²) in [6.07, 6.45) is 1.67. The van der Waals surface area contributed by atoms with Crippen molar-refractivity contribution in [3.63, 3.8) is 0 Å². The maximum Gasteiger partial charge on any atom is 0.254 e. The first kappa shape index (κ1) is 21.2. The first-order valence-electron chi connectivity index (χ1n) is 9.74. The predicted molar refractivity (Wildman–Crippen MR) is 116 cm³/mol. The number of hydrogen-bond donors (Lipinski definition) is 0. The van der Waals surface area contributed by atoms with Gasteiger partial charge in [-0.2, -0.15) is 0 Å². The van der Waals surface area contributed by atoms with Crippen molar-refractivity contribution in [1.82, 2.24) is 9.80 Å². The highest BCUT2D eigenvalue weighted by atomic mass is 35.5. The molecule has 0 saturated carbocycles. The Balaban J connectivity index is 1.64. The fourth-order valence-electron chi connectivity index (χ4n) is 3.57. The highest BCUT2D eigenvalue weighted by Gasteiger charge is 2.26. The number of methoxy groups -OCH3 is 1. The van der Waals surface area contributed by atoms with E-state index in [1.807, 2.05) is 23.1 Å². The van der Waals surface area contributed by atoms with Gasteiger partial charge in [0.1, 0.15) is 6.61 Å². The second-order valence-corrected chi connectivity index (χ2v) is 7.40. The van der Waals surface area contributed by atoms with Gasteiger partial charge in [0.2, 0.25) is 0 Å². The second-order valence-electron chi connectivity index (χ2n) is 6.99. The van der Waals surface area contributed by atoms with Gasteiger partial charge in [-0.05, 0) is 36.8 Å². The third-order valence-corrected chi connectivity index (χ3v) is 5.62. The smallest absolute Gasteiger partial charge is 0.254 e. The molecular weight excluding hydrogens is 388 g/mol. The Bertz CT molecular complexity index is 863. The Kier molecular flexibility index (Phi) is 7.18. The van der Waals surface area contributed by atoms with Crippen LogP contribution in [0.4, 0.5) is 0 Å². The molecule has 2 aromatic carbocycles. The lowest BCUT2D eigenvalue weighted by atomic mass is 10.1. The van der Waals surface area contributed by atoms with Crippen molar-refractivity contribution >= 4 is 17.5 Å². The molecule has 0 bridgehead atoms. The number of nitrogens with zero attached hydrogens (tertiary/aromatic N) is 2. The van der Waals surface area contributed by atoms with Crippen LogP contribution in [0.15, 0.2) is 55.1 Å². The van der Waals surface area contributed by atoms with Crippen LogP contribution < -0.4 is 9.47 Å². The SMILES string of the molecule is C=CCOc1ccc(C(=O)N2CCN(C(C)c3ccccc3Cl)CC2)cc1OC. The van der Waals surface area contributed by atoms with Crippen molar-refractivity contribution in [1.29, 1.82) is 0 Å². The molecule has 0 aromatic heterocycles. The minimum absolute atomic E-state index is 0.00335. The van der Waals surface area contributed by atoms with E-state index in [9.17, 15) is 4.79 Å². The van der Waals surface area contributed by atoms with Crippen LogP contribution in [0.5, 0.6) is 11.5 Å². The highest BCUT2D eigenvalue weighted by Crippen LogP contribution is 2.30. The molecule has 1 saturated heterocycles. The van der Waals surface area contributed by atoms with Crippen LogP contribution in [-0.2, 0) is 0 Å². The van der Waals surface area contributed by atoms with Crippen LogP contribution in [0.25, 0.3) is 0 Å². The molecule has 29 heavy (non-hydrogen) atoms. The number of hydrogen-bond acceptors (Lipinski definition) is 4. The highest BCUT2D eigenvalue weighted by molar-refractivity contribution is 6.31. The van der Waals surface area contributed by atoms with Gasteiger partial charge < -0.3 is 14.4 Å². The number of benzene rings is 2. The summed E-state index contributed by atoms with van der Waals surface area (Å²) < 4.78 is 10.9. The zero-order chi connectivity index (χ0) is 20.8. The monoisotopic (exact) mass is 414 g/mol. The van der Waals surface area contributed by atoms with Crippen molar-refractivity contribution in [3.8, 4) is 11.5 Å². The number of carbonyl (C=O) groups is 1. The van der Waals surface area contributed by atoms with Gasteiger partial charge in [0.25, 0.3) is 5.91 Å². The Hall–Kier alpha value is -2.50. The van der Waals surface area contributed by atoms with E-state index in [2.05, 4.69) is 24.5 Å². The lowest BCUT2D eigenvalue weighted by Crippen LogP contribution is -2.49. The Labute approximate surface area is 177 Å². The minimum atomic E-state index is 0.00335. The molecule has 1 aliphatic rings. The standard InChI is InChI=1S/C23H27ClN2O3/c1-4-15-29-21-10-9-18(16-22(21)28-3)23(27)26-13-11-25(12-14-26)17(2)19-7-5-6-8-20(19)24/h4-10,16-17H,1,11-15H2,2-3H3. The van der Waals surface area contributed by atoms with E-state index < -0.39 is 0 Å². The lowest BCUT2D eigenvalue weighted by Gasteiger charge is -2.38. The summed E-state index contributed by atoms with van der Waals surface area (Å²) in [4.78, 5) is 17.2. The summed E-state index contributed by atoms with van der Waals surface area (Å²) in [7, 11) is 1.57. The maximum absolute atomic E-state index is 13.0. The van der Waals surface area contributed by atoms with Crippen LogP contribution in [0.1, 0.15) is 28.9 Å². The molecular formula is C23H27ClN2O3. The molecule has 1 unspecified atom stereocenters. The van der Waals surface area contributed by atoms with E-state index >= 15 is 0 Å². The molecule has 0 radical (unpaired) electrons. The fourth-order valence-corrected chi connectivity index (χ4v) is 3.87. The van der Waals surface area contributed by atoms with Crippen LogP contribution in [-0.4, -0.2) is 55.6 Å². The number of rotatable bonds is 7. The Morgan fingerprint density at radius 3 is 2.55 bits per heavy atom. The maximum atomic E-state index is 13.0. The molecule has 1 fully saturated rings. The molecule has 6 heteroatoms. The molecule has 1 amide bonds. The van der Waals surface area contributed by atoms with E-state index in [0.29, 0.717) is 36.8 Å². The summed E-state index contributed by atoms with van der Waals surface area (Å²) in [6, 6.07) is 13.4. The summed E-state index contributed by atoms with van der Waals surface area (Å²) in [6.45, 7) is 9.13. The molecule has 1 atom stereocenters.